The van der Waals surface area contributed by atoms with Gasteiger partial charge in [0.1, 0.15) is 0 Å². The van der Waals surface area contributed by atoms with Gasteiger partial charge in [-0.25, -0.2) is 0 Å². The molecule has 0 saturated heterocycles. The Labute approximate surface area is 60.6 Å². The van der Waals surface area contributed by atoms with Crippen molar-refractivity contribution < 1.29 is 0 Å². The van der Waals surface area contributed by atoms with Gasteiger partial charge in [0.15, 0.2) is 0 Å². The molecule has 0 amide bonds. The van der Waals surface area contributed by atoms with Crippen molar-refractivity contribution in [3.63, 3.8) is 0 Å². The summed E-state index contributed by atoms with van der Waals surface area (Å²) >= 11 is 0. The Balaban J connectivity index is 2.70. The zero-order valence-electron chi connectivity index (χ0n) is 6.22. The molecule has 0 radical (unpaired) electrons. The van der Waals surface area contributed by atoms with Gasteiger partial charge in [0, 0.05) is 6.54 Å². The molecular weight excluding hydrogens is 126 g/mol. The number of H-pyrrole nitrogens is 1. The van der Waals surface area contributed by atoms with E-state index in [2.05, 4.69) is 17.1 Å². The topological polar surface area (TPSA) is 54.7 Å². The fourth-order valence-electron chi connectivity index (χ4n) is 0.999. The summed E-state index contributed by atoms with van der Waals surface area (Å²) < 4.78 is 0. The lowest BCUT2D eigenvalue weighted by Gasteiger charge is -1.95. The summed E-state index contributed by atoms with van der Waals surface area (Å²) in [6.45, 7) is 2.71. The average molecular weight is 139 g/mol. The van der Waals surface area contributed by atoms with Gasteiger partial charge in [0.25, 0.3) is 0 Å². The highest BCUT2D eigenvalue weighted by Crippen LogP contribution is 2.05. The molecule has 3 N–H and O–H groups in total. The molecule has 1 aromatic heterocycles. The number of hydrogen-bond donors (Lipinski definition) is 2. The maximum absolute atomic E-state index is 5.45. The lowest BCUT2D eigenvalue weighted by atomic mass is 10.1. The first-order valence-electron chi connectivity index (χ1n) is 3.59. The first-order valence-corrected chi connectivity index (χ1v) is 3.59. The van der Waals surface area contributed by atoms with Crippen LogP contribution in [0.15, 0.2) is 6.20 Å². The predicted molar refractivity (Wildman–Crippen MR) is 40.5 cm³/mol. The third kappa shape index (κ3) is 1.36. The second-order valence-electron chi connectivity index (χ2n) is 2.33. The van der Waals surface area contributed by atoms with E-state index in [0.717, 1.165) is 18.5 Å². The second-order valence-corrected chi connectivity index (χ2v) is 2.33. The van der Waals surface area contributed by atoms with Crippen molar-refractivity contribution in [2.75, 3.05) is 0 Å². The number of nitrogens with two attached hydrogens (primary N) is 1. The highest BCUT2D eigenvalue weighted by Gasteiger charge is 1.99. The van der Waals surface area contributed by atoms with E-state index >= 15 is 0 Å². The standard InChI is InChI=1S/C7H13N3/c1-2-3-6-5-9-10-7(6)4-8/h5H,2-4,8H2,1H3,(H,9,10). The Bertz CT molecular complexity index is 192. The molecule has 0 aromatic carbocycles. The second kappa shape index (κ2) is 3.37. The zero-order chi connectivity index (χ0) is 7.40. The lowest BCUT2D eigenvalue weighted by Crippen LogP contribution is -2.00. The average Bonchev–Trinajstić information content (AvgIpc) is 2.36. The Morgan fingerprint density at radius 2 is 2.50 bits per heavy atom. The third-order valence-electron chi connectivity index (χ3n) is 1.53. The van der Waals surface area contributed by atoms with Crippen molar-refractivity contribution in [3.05, 3.63) is 17.5 Å². The van der Waals surface area contributed by atoms with Crippen molar-refractivity contribution >= 4 is 0 Å². The Kier molecular flexibility index (Phi) is 2.45. The van der Waals surface area contributed by atoms with Crippen molar-refractivity contribution in [2.45, 2.75) is 26.3 Å². The Morgan fingerprint density at radius 3 is 3.10 bits per heavy atom. The highest BCUT2D eigenvalue weighted by molar-refractivity contribution is 5.15. The fraction of sp³-hybridized carbons (Fsp3) is 0.571. The van der Waals surface area contributed by atoms with Crippen LogP contribution in [0.4, 0.5) is 0 Å². The van der Waals surface area contributed by atoms with Gasteiger partial charge in [-0.3, -0.25) is 5.10 Å². The molecule has 56 valence electrons. The molecule has 0 aliphatic rings. The Morgan fingerprint density at radius 1 is 1.70 bits per heavy atom. The van der Waals surface area contributed by atoms with Crippen LogP contribution in [0.5, 0.6) is 0 Å². The summed E-state index contributed by atoms with van der Waals surface area (Å²) in [7, 11) is 0. The van der Waals surface area contributed by atoms with Gasteiger partial charge < -0.3 is 5.73 Å². The molecule has 0 unspecified atom stereocenters. The van der Waals surface area contributed by atoms with E-state index in [-0.39, 0.29) is 0 Å². The van der Waals surface area contributed by atoms with Crippen molar-refractivity contribution in [2.24, 2.45) is 5.73 Å². The molecule has 0 aliphatic carbocycles. The van der Waals surface area contributed by atoms with Crippen LogP contribution in [0.3, 0.4) is 0 Å². The number of aromatic amines is 1. The van der Waals surface area contributed by atoms with Crippen LogP contribution in [0.25, 0.3) is 0 Å². The van der Waals surface area contributed by atoms with E-state index in [1.807, 2.05) is 6.20 Å². The van der Waals surface area contributed by atoms with Crippen LogP contribution in [-0.4, -0.2) is 10.2 Å². The fourth-order valence-corrected chi connectivity index (χ4v) is 0.999. The predicted octanol–water partition coefficient (Wildman–Crippen LogP) is 0.821. The molecule has 0 aliphatic heterocycles. The van der Waals surface area contributed by atoms with Crippen molar-refractivity contribution in [1.82, 2.24) is 10.2 Å². The summed E-state index contributed by atoms with van der Waals surface area (Å²) in [6, 6.07) is 0. The van der Waals surface area contributed by atoms with Crippen LogP contribution in [-0.2, 0) is 13.0 Å². The highest BCUT2D eigenvalue weighted by atomic mass is 15.1. The molecule has 1 heterocycles. The van der Waals surface area contributed by atoms with Gasteiger partial charge in [-0.1, -0.05) is 13.3 Å². The summed E-state index contributed by atoms with van der Waals surface area (Å²) in [5, 5.41) is 6.77. The minimum atomic E-state index is 0.565. The van der Waals surface area contributed by atoms with Crippen LogP contribution in [0.1, 0.15) is 24.6 Å². The third-order valence-corrected chi connectivity index (χ3v) is 1.53. The molecule has 0 atom stereocenters. The van der Waals surface area contributed by atoms with E-state index in [1.165, 1.54) is 5.56 Å². The molecular formula is C7H13N3. The summed E-state index contributed by atoms with van der Waals surface area (Å²) in [6.07, 6.45) is 4.07. The zero-order valence-corrected chi connectivity index (χ0v) is 6.22. The van der Waals surface area contributed by atoms with Crippen molar-refractivity contribution in [1.29, 1.82) is 0 Å². The lowest BCUT2D eigenvalue weighted by molar-refractivity contribution is 0.880. The van der Waals surface area contributed by atoms with Gasteiger partial charge in [0.2, 0.25) is 0 Å². The number of aryl methyl sites for hydroxylation is 1. The minimum absolute atomic E-state index is 0.565. The molecule has 0 spiro atoms. The quantitative estimate of drug-likeness (QED) is 0.651. The van der Waals surface area contributed by atoms with Gasteiger partial charge >= 0.3 is 0 Å². The first kappa shape index (κ1) is 7.28. The normalized spacial score (nSPS) is 10.2. The molecule has 10 heavy (non-hydrogen) atoms. The van der Waals surface area contributed by atoms with E-state index < -0.39 is 0 Å². The van der Waals surface area contributed by atoms with Gasteiger partial charge in [-0.05, 0) is 12.0 Å². The molecule has 0 bridgehead atoms. The van der Waals surface area contributed by atoms with Crippen LogP contribution in [0, 0.1) is 0 Å². The number of nitrogens with zero attached hydrogens (tertiary/aromatic N) is 1. The largest absolute Gasteiger partial charge is 0.325 e. The molecule has 1 rings (SSSR count). The SMILES string of the molecule is CCCc1cn[nH]c1CN. The van der Waals surface area contributed by atoms with Crippen molar-refractivity contribution in [3.8, 4) is 0 Å². The Hall–Kier alpha value is -0.830. The summed E-state index contributed by atoms with van der Waals surface area (Å²) in [5.74, 6) is 0. The van der Waals surface area contributed by atoms with E-state index in [4.69, 9.17) is 5.73 Å². The van der Waals surface area contributed by atoms with Crippen LogP contribution in [0.2, 0.25) is 0 Å². The molecule has 3 heteroatoms. The molecule has 0 fully saturated rings. The first-order chi connectivity index (χ1) is 4.88. The van der Waals surface area contributed by atoms with Gasteiger partial charge in [-0.2, -0.15) is 5.10 Å². The monoisotopic (exact) mass is 139 g/mol. The van der Waals surface area contributed by atoms with Gasteiger partial charge in [0.05, 0.1) is 11.9 Å². The van der Waals surface area contributed by atoms with E-state index in [1.54, 1.807) is 0 Å². The summed E-state index contributed by atoms with van der Waals surface area (Å²) in [5.41, 5.74) is 7.78. The van der Waals surface area contributed by atoms with E-state index in [0.29, 0.717) is 6.54 Å². The van der Waals surface area contributed by atoms with Crippen LogP contribution < -0.4 is 5.73 Å². The molecule has 0 saturated carbocycles. The number of hydrogen-bond acceptors (Lipinski definition) is 2. The number of rotatable bonds is 3. The maximum atomic E-state index is 5.45. The molecule has 3 nitrogen and oxygen atoms in total. The smallest absolute Gasteiger partial charge is 0.0522 e. The summed E-state index contributed by atoms with van der Waals surface area (Å²) in [4.78, 5) is 0. The maximum Gasteiger partial charge on any atom is 0.0522 e. The van der Waals surface area contributed by atoms with E-state index in [9.17, 15) is 0 Å². The number of aromatic nitrogens is 2. The minimum Gasteiger partial charge on any atom is -0.325 e. The van der Waals surface area contributed by atoms with Crippen LogP contribution >= 0.6 is 0 Å². The van der Waals surface area contributed by atoms with Gasteiger partial charge in [-0.15, -0.1) is 0 Å². The number of nitrogens with one attached hydrogen (secondary N) is 1. The molecule has 1 aromatic rings.